The minimum absolute atomic E-state index is 0.0147. The van der Waals surface area contributed by atoms with Crippen LogP contribution in [0.1, 0.15) is 54.2 Å². The number of halogens is 1. The van der Waals surface area contributed by atoms with E-state index in [2.05, 4.69) is 33.8 Å². The maximum absolute atomic E-state index is 11.8. The summed E-state index contributed by atoms with van der Waals surface area (Å²) >= 11 is 2.32. The third-order valence-electron chi connectivity index (χ3n) is 6.56. The molecule has 4 aromatic rings. The van der Waals surface area contributed by atoms with Gasteiger partial charge in [-0.2, -0.15) is 5.10 Å². The van der Waals surface area contributed by atoms with E-state index in [0.29, 0.717) is 18.6 Å². The van der Waals surface area contributed by atoms with Crippen LogP contribution in [0.2, 0.25) is 0 Å². The second-order valence-corrected chi connectivity index (χ2v) is 10.1. The number of aryl methyl sites for hydroxylation is 3. The number of ether oxygens (including phenoxy) is 1. The van der Waals surface area contributed by atoms with Crippen LogP contribution in [0.15, 0.2) is 54.6 Å². The lowest BCUT2D eigenvalue weighted by Crippen LogP contribution is -2.09. The van der Waals surface area contributed by atoms with Gasteiger partial charge in [0.15, 0.2) is 0 Å². The summed E-state index contributed by atoms with van der Waals surface area (Å²) in [5.41, 5.74) is 7.49. The normalized spacial score (nSPS) is 10.9. The van der Waals surface area contributed by atoms with Crippen molar-refractivity contribution in [1.82, 2.24) is 9.78 Å². The van der Waals surface area contributed by atoms with Crippen LogP contribution in [0, 0.1) is 24.3 Å². The summed E-state index contributed by atoms with van der Waals surface area (Å²) in [7, 11) is 1.94. The van der Waals surface area contributed by atoms with Crippen molar-refractivity contribution in [2.24, 2.45) is 7.05 Å². The van der Waals surface area contributed by atoms with Crippen LogP contribution >= 0.6 is 22.6 Å². The molecular weight excluding hydrogens is 583 g/mol. The van der Waals surface area contributed by atoms with E-state index in [0.717, 1.165) is 48.5 Å². The van der Waals surface area contributed by atoms with E-state index in [1.165, 1.54) is 12.1 Å². The quantitative estimate of drug-likeness (QED) is 0.231. The number of hydrogen-bond acceptors (Lipinski definition) is 4. The molecule has 3 aromatic carbocycles. The van der Waals surface area contributed by atoms with Gasteiger partial charge in [0.05, 0.1) is 14.7 Å². The van der Waals surface area contributed by atoms with Gasteiger partial charge in [0.2, 0.25) is 0 Å². The zero-order valence-corrected chi connectivity index (χ0v) is 23.2. The summed E-state index contributed by atoms with van der Waals surface area (Å²) < 4.78 is 9.24. The van der Waals surface area contributed by atoms with Gasteiger partial charge in [-0.15, -0.1) is 0 Å². The second-order valence-electron chi connectivity index (χ2n) is 9.01. The van der Waals surface area contributed by atoms with Gasteiger partial charge < -0.3 is 14.9 Å². The van der Waals surface area contributed by atoms with Crippen molar-refractivity contribution >= 4 is 34.5 Å². The molecule has 37 heavy (non-hydrogen) atoms. The standard InChI is InChI=1S/C29H27IN2O5/c1-16-6-5-7-19(13-20-8-9-22(28(33)34)14-23(20)29(35)36)24(16)15-37-25-11-10-21(12-17(25)2)27-26(30)18(3)32(4)31-27/h5-12,14H,13,15H2,1-4H3,(H,33,34)(H,35,36). The monoisotopic (exact) mass is 610 g/mol. The second kappa shape index (κ2) is 10.8. The first-order valence-corrected chi connectivity index (χ1v) is 12.7. The van der Waals surface area contributed by atoms with Gasteiger partial charge >= 0.3 is 11.9 Å². The van der Waals surface area contributed by atoms with Gasteiger partial charge in [-0.1, -0.05) is 24.3 Å². The topological polar surface area (TPSA) is 102 Å². The summed E-state index contributed by atoms with van der Waals surface area (Å²) in [6.07, 6.45) is 0.345. The smallest absolute Gasteiger partial charge is 0.336 e. The molecule has 7 nitrogen and oxygen atoms in total. The zero-order chi connectivity index (χ0) is 26.9. The molecule has 0 aliphatic carbocycles. The Bertz CT molecular complexity index is 1520. The van der Waals surface area contributed by atoms with Crippen molar-refractivity contribution in [3.05, 3.63) is 103 Å². The number of aromatic nitrogens is 2. The zero-order valence-electron chi connectivity index (χ0n) is 21.0. The molecule has 0 amide bonds. The molecule has 1 heterocycles. The van der Waals surface area contributed by atoms with Crippen LogP contribution in [0.5, 0.6) is 5.75 Å². The van der Waals surface area contributed by atoms with Crippen molar-refractivity contribution < 1.29 is 24.5 Å². The van der Waals surface area contributed by atoms with Crippen LogP contribution in [0.4, 0.5) is 0 Å². The highest BCUT2D eigenvalue weighted by molar-refractivity contribution is 14.1. The average Bonchev–Trinajstić information content (AvgIpc) is 3.11. The number of aromatic carboxylic acids is 2. The fraction of sp³-hybridized carbons (Fsp3) is 0.207. The predicted molar refractivity (Wildman–Crippen MR) is 150 cm³/mol. The Kier molecular flexibility index (Phi) is 7.68. The number of rotatable bonds is 8. The largest absolute Gasteiger partial charge is 0.489 e. The molecule has 8 heteroatoms. The number of hydrogen-bond donors (Lipinski definition) is 2. The number of benzene rings is 3. The van der Waals surface area contributed by atoms with Crippen molar-refractivity contribution in [3.8, 4) is 17.0 Å². The molecule has 2 N–H and O–H groups in total. The van der Waals surface area contributed by atoms with E-state index in [1.807, 2.05) is 62.8 Å². The molecule has 0 radical (unpaired) electrons. The van der Waals surface area contributed by atoms with Crippen molar-refractivity contribution in [2.75, 3.05) is 0 Å². The molecule has 0 aliphatic rings. The number of carboxylic acid groups (broad SMARTS) is 2. The van der Waals surface area contributed by atoms with Crippen LogP contribution in [-0.2, 0) is 20.1 Å². The molecule has 0 saturated heterocycles. The van der Waals surface area contributed by atoms with Crippen molar-refractivity contribution in [3.63, 3.8) is 0 Å². The highest BCUT2D eigenvalue weighted by Gasteiger charge is 2.17. The summed E-state index contributed by atoms with van der Waals surface area (Å²) in [5.74, 6) is -1.55. The average molecular weight is 610 g/mol. The molecule has 0 spiro atoms. The first-order chi connectivity index (χ1) is 17.6. The molecule has 0 bridgehead atoms. The molecule has 190 valence electrons. The number of carboxylic acids is 2. The Morgan fingerprint density at radius 3 is 2.32 bits per heavy atom. The maximum Gasteiger partial charge on any atom is 0.336 e. The lowest BCUT2D eigenvalue weighted by molar-refractivity contribution is 0.0695. The number of carbonyl (C=O) groups is 2. The molecule has 1 aromatic heterocycles. The molecule has 0 aliphatic heterocycles. The van der Waals surface area contributed by atoms with Crippen molar-refractivity contribution in [2.45, 2.75) is 33.8 Å². The van der Waals surface area contributed by atoms with E-state index in [-0.39, 0.29) is 11.1 Å². The van der Waals surface area contributed by atoms with Gasteiger partial charge in [0.25, 0.3) is 0 Å². The Hall–Kier alpha value is -3.66. The van der Waals surface area contributed by atoms with Gasteiger partial charge in [-0.25, -0.2) is 9.59 Å². The van der Waals surface area contributed by atoms with E-state index in [1.54, 1.807) is 6.07 Å². The summed E-state index contributed by atoms with van der Waals surface area (Å²) in [5, 5.41) is 23.6. The minimum atomic E-state index is -1.16. The summed E-state index contributed by atoms with van der Waals surface area (Å²) in [4.78, 5) is 23.1. The first kappa shape index (κ1) is 26.4. The van der Waals surface area contributed by atoms with Crippen LogP contribution < -0.4 is 4.74 Å². The minimum Gasteiger partial charge on any atom is -0.489 e. The predicted octanol–water partition coefficient (Wildman–Crippen LogP) is 6.18. The Labute approximate surface area is 228 Å². The fourth-order valence-corrected chi connectivity index (χ4v) is 5.05. The van der Waals surface area contributed by atoms with Gasteiger partial charge in [0.1, 0.15) is 18.1 Å². The molecular formula is C29H27IN2O5. The highest BCUT2D eigenvalue weighted by atomic mass is 127. The molecule has 0 fully saturated rings. The molecule has 0 unspecified atom stereocenters. The molecule has 0 atom stereocenters. The van der Waals surface area contributed by atoms with Crippen LogP contribution in [0.3, 0.4) is 0 Å². The Balaban J connectivity index is 1.59. The molecule has 0 saturated carbocycles. The third-order valence-corrected chi connectivity index (χ3v) is 7.85. The SMILES string of the molecule is Cc1cc(-c2nn(C)c(C)c2I)ccc1OCc1c(C)cccc1Cc1ccc(C(=O)O)cc1C(=O)O. The van der Waals surface area contributed by atoms with E-state index >= 15 is 0 Å². The first-order valence-electron chi connectivity index (χ1n) is 11.7. The van der Waals surface area contributed by atoms with E-state index in [4.69, 9.17) is 4.74 Å². The van der Waals surface area contributed by atoms with Crippen LogP contribution in [-0.4, -0.2) is 31.9 Å². The van der Waals surface area contributed by atoms with Gasteiger partial charge in [-0.3, -0.25) is 4.68 Å². The van der Waals surface area contributed by atoms with Crippen LogP contribution in [0.25, 0.3) is 11.3 Å². The highest BCUT2D eigenvalue weighted by Crippen LogP contribution is 2.31. The maximum atomic E-state index is 11.8. The third kappa shape index (κ3) is 5.53. The van der Waals surface area contributed by atoms with E-state index < -0.39 is 11.9 Å². The lowest BCUT2D eigenvalue weighted by atomic mass is 9.93. The molecule has 4 rings (SSSR count). The van der Waals surface area contributed by atoms with E-state index in [9.17, 15) is 19.8 Å². The lowest BCUT2D eigenvalue weighted by Gasteiger charge is -2.16. The Morgan fingerprint density at radius 2 is 1.70 bits per heavy atom. The fourth-order valence-electron chi connectivity index (χ4n) is 4.28. The number of nitrogens with zero attached hydrogens (tertiary/aromatic N) is 2. The summed E-state index contributed by atoms with van der Waals surface area (Å²) in [6.45, 7) is 6.36. The summed E-state index contributed by atoms with van der Waals surface area (Å²) in [6, 6.07) is 16.1. The van der Waals surface area contributed by atoms with Gasteiger partial charge in [-0.05, 0) is 108 Å². The Morgan fingerprint density at radius 1 is 0.946 bits per heavy atom. The van der Waals surface area contributed by atoms with Gasteiger partial charge in [0, 0.05) is 18.3 Å². The van der Waals surface area contributed by atoms with Crippen molar-refractivity contribution in [1.29, 1.82) is 0 Å².